The Morgan fingerprint density at radius 3 is 2.50 bits per heavy atom. The van der Waals surface area contributed by atoms with Gasteiger partial charge in [-0.1, -0.05) is 6.07 Å². The molecule has 1 aromatic rings. The first-order chi connectivity index (χ1) is 9.35. The Balaban J connectivity index is 1.87. The van der Waals surface area contributed by atoms with Crippen molar-refractivity contribution in [1.29, 1.82) is 0 Å². The van der Waals surface area contributed by atoms with Gasteiger partial charge >= 0.3 is 6.18 Å². The van der Waals surface area contributed by atoms with Crippen molar-refractivity contribution in [2.24, 2.45) is 0 Å². The lowest BCUT2D eigenvalue weighted by molar-refractivity contribution is -0.147. The fourth-order valence-corrected chi connectivity index (χ4v) is 2.47. The van der Waals surface area contributed by atoms with Crippen LogP contribution in [0.15, 0.2) is 18.2 Å². The molecule has 1 saturated heterocycles. The van der Waals surface area contributed by atoms with Crippen LogP contribution in [-0.2, 0) is 0 Å². The zero-order chi connectivity index (χ0) is 14.8. The predicted molar refractivity (Wildman–Crippen MR) is 70.3 cm³/mol. The Morgan fingerprint density at radius 2 is 1.90 bits per heavy atom. The first-order valence-corrected chi connectivity index (χ1v) is 6.66. The van der Waals surface area contributed by atoms with Crippen LogP contribution in [0.1, 0.15) is 18.4 Å². The SMILES string of the molecule is Cc1c(F)cccc1NC1CCN(CC(F)(F)F)CC1. The number of benzene rings is 1. The van der Waals surface area contributed by atoms with E-state index in [1.165, 1.54) is 11.0 Å². The summed E-state index contributed by atoms with van der Waals surface area (Å²) < 4.78 is 50.3. The summed E-state index contributed by atoms with van der Waals surface area (Å²) in [5, 5.41) is 3.23. The van der Waals surface area contributed by atoms with Crippen LogP contribution in [0.25, 0.3) is 0 Å². The molecule has 1 heterocycles. The molecule has 0 aliphatic carbocycles. The van der Waals surface area contributed by atoms with Crippen LogP contribution in [0.4, 0.5) is 23.2 Å². The van der Waals surface area contributed by atoms with Crippen molar-refractivity contribution in [1.82, 2.24) is 4.90 Å². The molecule has 6 heteroatoms. The minimum Gasteiger partial charge on any atom is -0.382 e. The normalized spacial score (nSPS) is 18.2. The Kier molecular flexibility index (Phi) is 4.52. The van der Waals surface area contributed by atoms with E-state index in [1.807, 2.05) is 0 Å². The van der Waals surface area contributed by atoms with Crippen LogP contribution in [0.2, 0.25) is 0 Å². The van der Waals surface area contributed by atoms with Gasteiger partial charge in [0.25, 0.3) is 0 Å². The number of likely N-dealkylation sites (tertiary alicyclic amines) is 1. The van der Waals surface area contributed by atoms with Crippen LogP contribution in [0, 0.1) is 12.7 Å². The average molecular weight is 290 g/mol. The predicted octanol–water partition coefficient (Wildman–Crippen LogP) is 3.57. The highest BCUT2D eigenvalue weighted by atomic mass is 19.4. The van der Waals surface area contributed by atoms with E-state index in [1.54, 1.807) is 19.1 Å². The van der Waals surface area contributed by atoms with Gasteiger partial charge in [-0.2, -0.15) is 13.2 Å². The van der Waals surface area contributed by atoms with E-state index >= 15 is 0 Å². The van der Waals surface area contributed by atoms with E-state index in [9.17, 15) is 17.6 Å². The molecule has 1 aliphatic heterocycles. The molecule has 0 spiro atoms. The summed E-state index contributed by atoms with van der Waals surface area (Å²) in [6.07, 6.45) is -2.88. The van der Waals surface area contributed by atoms with Crippen LogP contribution in [-0.4, -0.2) is 36.8 Å². The topological polar surface area (TPSA) is 15.3 Å². The van der Waals surface area contributed by atoms with Crippen LogP contribution >= 0.6 is 0 Å². The van der Waals surface area contributed by atoms with Crippen molar-refractivity contribution < 1.29 is 17.6 Å². The molecule has 0 amide bonds. The number of halogens is 4. The summed E-state index contributed by atoms with van der Waals surface area (Å²) in [6, 6.07) is 4.91. The van der Waals surface area contributed by atoms with E-state index in [0.717, 1.165) is 5.69 Å². The second-order valence-electron chi connectivity index (χ2n) is 5.22. The van der Waals surface area contributed by atoms with Gasteiger partial charge in [-0.25, -0.2) is 4.39 Å². The molecule has 1 N–H and O–H groups in total. The second-order valence-corrected chi connectivity index (χ2v) is 5.22. The zero-order valence-corrected chi connectivity index (χ0v) is 11.3. The van der Waals surface area contributed by atoms with Gasteiger partial charge in [0.15, 0.2) is 0 Å². The van der Waals surface area contributed by atoms with E-state index in [2.05, 4.69) is 5.32 Å². The van der Waals surface area contributed by atoms with Gasteiger partial charge in [0.05, 0.1) is 6.54 Å². The maximum Gasteiger partial charge on any atom is 0.401 e. The number of hydrogen-bond donors (Lipinski definition) is 1. The molecular formula is C14H18F4N2. The van der Waals surface area contributed by atoms with Crippen molar-refractivity contribution in [2.45, 2.75) is 32.0 Å². The van der Waals surface area contributed by atoms with Crippen LogP contribution < -0.4 is 5.32 Å². The first kappa shape index (κ1) is 15.1. The lowest BCUT2D eigenvalue weighted by Crippen LogP contribution is -2.43. The Labute approximate surface area is 115 Å². The lowest BCUT2D eigenvalue weighted by atomic mass is 10.0. The number of alkyl halides is 3. The number of nitrogens with one attached hydrogen (secondary N) is 1. The summed E-state index contributed by atoms with van der Waals surface area (Å²) in [6.45, 7) is 1.66. The summed E-state index contributed by atoms with van der Waals surface area (Å²) in [4.78, 5) is 1.41. The first-order valence-electron chi connectivity index (χ1n) is 6.66. The minimum atomic E-state index is -4.14. The van der Waals surface area contributed by atoms with Crippen molar-refractivity contribution in [3.05, 3.63) is 29.6 Å². The zero-order valence-electron chi connectivity index (χ0n) is 11.3. The lowest BCUT2D eigenvalue weighted by Gasteiger charge is -2.33. The molecule has 1 aromatic carbocycles. The fourth-order valence-electron chi connectivity index (χ4n) is 2.47. The summed E-state index contributed by atoms with van der Waals surface area (Å²) in [5.74, 6) is -0.274. The third-order valence-electron chi connectivity index (χ3n) is 3.62. The fraction of sp³-hybridized carbons (Fsp3) is 0.571. The molecule has 0 radical (unpaired) electrons. The molecule has 0 aromatic heterocycles. The maximum absolute atomic E-state index is 13.4. The summed E-state index contributed by atoms with van der Waals surface area (Å²) >= 11 is 0. The van der Waals surface area contributed by atoms with Gasteiger partial charge < -0.3 is 5.32 Å². The monoisotopic (exact) mass is 290 g/mol. The number of hydrogen-bond acceptors (Lipinski definition) is 2. The van der Waals surface area contributed by atoms with Gasteiger partial charge in [0, 0.05) is 30.4 Å². The van der Waals surface area contributed by atoms with Crippen molar-refractivity contribution in [3.8, 4) is 0 Å². The molecule has 20 heavy (non-hydrogen) atoms. The molecule has 1 fully saturated rings. The van der Waals surface area contributed by atoms with E-state index in [-0.39, 0.29) is 11.9 Å². The Hall–Kier alpha value is -1.30. The maximum atomic E-state index is 13.4. The average Bonchev–Trinajstić information content (AvgIpc) is 2.35. The summed E-state index contributed by atoms with van der Waals surface area (Å²) in [5.41, 5.74) is 1.27. The Morgan fingerprint density at radius 1 is 1.25 bits per heavy atom. The van der Waals surface area contributed by atoms with Gasteiger partial charge in [-0.05, 0) is 31.9 Å². The second kappa shape index (κ2) is 5.99. The number of piperidine rings is 1. The molecule has 0 unspecified atom stereocenters. The molecule has 112 valence electrons. The molecule has 2 nitrogen and oxygen atoms in total. The van der Waals surface area contributed by atoms with E-state index in [0.29, 0.717) is 31.5 Å². The number of anilines is 1. The molecule has 1 aliphatic rings. The third kappa shape index (κ3) is 4.10. The van der Waals surface area contributed by atoms with Crippen LogP contribution in [0.3, 0.4) is 0 Å². The molecule has 0 saturated carbocycles. The van der Waals surface area contributed by atoms with E-state index in [4.69, 9.17) is 0 Å². The number of rotatable bonds is 3. The smallest absolute Gasteiger partial charge is 0.382 e. The van der Waals surface area contributed by atoms with Gasteiger partial charge in [-0.3, -0.25) is 4.90 Å². The highest BCUT2D eigenvalue weighted by Gasteiger charge is 2.32. The largest absolute Gasteiger partial charge is 0.401 e. The van der Waals surface area contributed by atoms with Crippen molar-refractivity contribution in [2.75, 3.05) is 25.0 Å². The molecule has 0 bridgehead atoms. The molecule has 0 atom stereocenters. The highest BCUT2D eigenvalue weighted by Crippen LogP contribution is 2.23. The Bertz CT molecular complexity index is 451. The molecular weight excluding hydrogens is 272 g/mol. The third-order valence-corrected chi connectivity index (χ3v) is 3.62. The van der Waals surface area contributed by atoms with E-state index < -0.39 is 12.7 Å². The summed E-state index contributed by atoms with van der Waals surface area (Å²) in [7, 11) is 0. The van der Waals surface area contributed by atoms with Crippen molar-refractivity contribution in [3.63, 3.8) is 0 Å². The standard InChI is InChI=1S/C14H18F4N2/c1-10-12(15)3-2-4-13(10)19-11-5-7-20(8-6-11)9-14(16,17)18/h2-4,11,19H,5-9H2,1H3. The number of nitrogens with zero attached hydrogens (tertiary/aromatic N) is 1. The minimum absolute atomic E-state index is 0.0972. The van der Waals surface area contributed by atoms with Gasteiger partial charge in [0.1, 0.15) is 5.82 Å². The van der Waals surface area contributed by atoms with Gasteiger partial charge in [0.2, 0.25) is 0 Å². The molecule has 2 rings (SSSR count). The van der Waals surface area contributed by atoms with Crippen LogP contribution in [0.5, 0.6) is 0 Å². The van der Waals surface area contributed by atoms with Crippen molar-refractivity contribution >= 4 is 5.69 Å². The van der Waals surface area contributed by atoms with Gasteiger partial charge in [-0.15, -0.1) is 0 Å². The highest BCUT2D eigenvalue weighted by molar-refractivity contribution is 5.51. The quantitative estimate of drug-likeness (QED) is 0.856.